The first kappa shape index (κ1) is 19.9. The summed E-state index contributed by atoms with van der Waals surface area (Å²) in [5.74, 6) is -0.499. The summed E-state index contributed by atoms with van der Waals surface area (Å²) in [5.41, 5.74) is 10.7. The van der Waals surface area contributed by atoms with Crippen molar-refractivity contribution in [1.29, 1.82) is 0 Å². The molecule has 2 aromatic heterocycles. The number of carbonyl (C=O) groups is 2. The molecule has 1 aromatic carbocycles. The van der Waals surface area contributed by atoms with Gasteiger partial charge in [0, 0.05) is 12.2 Å². The number of anilines is 2. The van der Waals surface area contributed by atoms with E-state index in [9.17, 15) is 9.59 Å². The van der Waals surface area contributed by atoms with Gasteiger partial charge in [0.25, 0.3) is 0 Å². The van der Waals surface area contributed by atoms with Crippen LogP contribution in [0.2, 0.25) is 0 Å². The molecule has 8 heteroatoms. The minimum absolute atomic E-state index is 0.175. The number of benzene rings is 1. The van der Waals surface area contributed by atoms with Gasteiger partial charge in [-0.15, -0.1) is 0 Å². The van der Waals surface area contributed by atoms with E-state index in [1.54, 1.807) is 11.1 Å². The van der Waals surface area contributed by atoms with Crippen molar-refractivity contribution in [3.8, 4) is 0 Å². The van der Waals surface area contributed by atoms with E-state index in [2.05, 4.69) is 27.2 Å². The molecule has 0 bridgehead atoms. The van der Waals surface area contributed by atoms with Crippen molar-refractivity contribution in [3.63, 3.8) is 0 Å². The van der Waals surface area contributed by atoms with Gasteiger partial charge in [-0.25, -0.2) is 4.98 Å². The number of amides is 2. The topological polar surface area (TPSA) is 117 Å². The fourth-order valence-corrected chi connectivity index (χ4v) is 4.00. The van der Waals surface area contributed by atoms with E-state index in [0.29, 0.717) is 24.1 Å². The lowest BCUT2D eigenvalue weighted by atomic mass is 9.89. The Hall–Kier alpha value is -3.42. The highest BCUT2D eigenvalue weighted by Crippen LogP contribution is 2.34. The van der Waals surface area contributed by atoms with Crippen molar-refractivity contribution in [2.75, 3.05) is 17.6 Å². The number of nitrogen functional groups attached to an aromatic ring is 1. The van der Waals surface area contributed by atoms with Crippen molar-refractivity contribution < 1.29 is 9.59 Å². The zero-order chi connectivity index (χ0) is 21.4. The number of hydrogen-bond acceptors (Lipinski definition) is 5. The zero-order valence-electron chi connectivity index (χ0n) is 17.4. The molecule has 1 saturated heterocycles. The number of H-pyrrole nitrogens is 1. The fourth-order valence-electron chi connectivity index (χ4n) is 4.00. The summed E-state index contributed by atoms with van der Waals surface area (Å²) in [4.78, 5) is 39.0. The Morgan fingerprint density at radius 1 is 1.23 bits per heavy atom. The third-order valence-corrected chi connectivity index (χ3v) is 5.78. The highest BCUT2D eigenvalue weighted by Gasteiger charge is 2.34. The van der Waals surface area contributed by atoms with Crippen LogP contribution in [0.5, 0.6) is 0 Å². The minimum atomic E-state index is -0.647. The average molecular weight is 406 g/mol. The molecule has 0 spiro atoms. The quantitative estimate of drug-likeness (QED) is 0.565. The fraction of sp³-hybridized carbons (Fsp3) is 0.364. The normalized spacial score (nSPS) is 19.1. The number of aryl methyl sites for hydroxylation is 2. The third kappa shape index (κ3) is 3.85. The number of imidazole rings is 1. The van der Waals surface area contributed by atoms with Gasteiger partial charge in [0.15, 0.2) is 5.95 Å². The molecule has 1 fully saturated rings. The molecule has 0 radical (unpaired) electrons. The predicted octanol–water partition coefficient (Wildman–Crippen LogP) is 3.10. The Balaban J connectivity index is 1.58. The number of pyridine rings is 1. The van der Waals surface area contributed by atoms with Gasteiger partial charge in [0.2, 0.25) is 0 Å². The van der Waals surface area contributed by atoms with Gasteiger partial charge in [-0.3, -0.25) is 14.6 Å². The van der Waals surface area contributed by atoms with E-state index in [4.69, 9.17) is 5.73 Å². The second-order valence-corrected chi connectivity index (χ2v) is 8.13. The Kier molecular flexibility index (Phi) is 5.15. The van der Waals surface area contributed by atoms with Gasteiger partial charge in [0.05, 0.1) is 29.0 Å². The van der Waals surface area contributed by atoms with Crippen LogP contribution in [0.3, 0.4) is 0 Å². The first-order chi connectivity index (χ1) is 14.3. The van der Waals surface area contributed by atoms with Crippen LogP contribution in [-0.2, 0) is 9.59 Å². The standard InChI is InChI=1S/C22H26N6O2/c1-12-4-7-19(15-5-6-17-18(9-15)27-22(23)26-17)28(11-12)21(30)20(29)25-16-8-13(2)14(3)24-10-16/h5-6,8-10,12,19H,4,7,11H2,1-3H3,(H,25,29)(H3,23,26,27)/t12-,19+/m1/s1. The molecule has 156 valence electrons. The molecule has 2 atom stereocenters. The van der Waals surface area contributed by atoms with E-state index in [0.717, 1.165) is 40.7 Å². The van der Waals surface area contributed by atoms with Crippen LogP contribution in [-0.4, -0.2) is 38.2 Å². The number of nitrogens with one attached hydrogen (secondary N) is 2. The molecule has 1 aliphatic rings. The first-order valence-corrected chi connectivity index (χ1v) is 10.1. The Morgan fingerprint density at radius 3 is 2.80 bits per heavy atom. The Bertz CT molecular complexity index is 1120. The van der Waals surface area contributed by atoms with Crippen molar-refractivity contribution in [2.45, 2.75) is 39.7 Å². The number of nitrogens with zero attached hydrogens (tertiary/aromatic N) is 3. The monoisotopic (exact) mass is 406 g/mol. The maximum absolute atomic E-state index is 13.1. The van der Waals surface area contributed by atoms with Crippen molar-refractivity contribution in [3.05, 3.63) is 47.3 Å². The number of nitrogens with two attached hydrogens (primary N) is 1. The van der Waals surface area contributed by atoms with E-state index < -0.39 is 11.8 Å². The highest BCUT2D eigenvalue weighted by atomic mass is 16.2. The van der Waals surface area contributed by atoms with Crippen molar-refractivity contribution in [1.82, 2.24) is 19.9 Å². The van der Waals surface area contributed by atoms with Crippen LogP contribution in [0, 0.1) is 19.8 Å². The largest absolute Gasteiger partial charge is 0.369 e. The summed E-state index contributed by atoms with van der Waals surface area (Å²) in [5, 5.41) is 2.70. The lowest BCUT2D eigenvalue weighted by Crippen LogP contribution is -2.46. The van der Waals surface area contributed by atoms with E-state index in [1.165, 1.54) is 0 Å². The van der Waals surface area contributed by atoms with Crippen molar-refractivity contribution in [2.24, 2.45) is 5.92 Å². The molecule has 4 N–H and O–H groups in total. The lowest BCUT2D eigenvalue weighted by molar-refractivity contribution is -0.146. The molecule has 0 aliphatic carbocycles. The van der Waals surface area contributed by atoms with E-state index >= 15 is 0 Å². The number of aromatic amines is 1. The Morgan fingerprint density at radius 2 is 2.03 bits per heavy atom. The lowest BCUT2D eigenvalue weighted by Gasteiger charge is -2.38. The summed E-state index contributed by atoms with van der Waals surface area (Å²) < 4.78 is 0. The number of piperidine rings is 1. The van der Waals surface area contributed by atoms with Gasteiger partial charge in [0.1, 0.15) is 0 Å². The van der Waals surface area contributed by atoms with Gasteiger partial charge < -0.3 is 20.9 Å². The predicted molar refractivity (Wildman–Crippen MR) is 116 cm³/mol. The SMILES string of the molecule is Cc1cc(NC(=O)C(=O)N2C[C@H](C)CC[C@H]2c2ccc3nc(N)[nH]c3c2)cnc1C. The van der Waals surface area contributed by atoms with Gasteiger partial charge in [-0.05, 0) is 61.9 Å². The number of carbonyl (C=O) groups excluding carboxylic acids is 2. The molecular formula is C22H26N6O2. The van der Waals surface area contributed by atoms with Crippen LogP contribution in [0.25, 0.3) is 11.0 Å². The van der Waals surface area contributed by atoms with Crippen LogP contribution in [0.15, 0.2) is 30.5 Å². The van der Waals surface area contributed by atoms with Crippen molar-refractivity contribution >= 4 is 34.5 Å². The summed E-state index contributed by atoms with van der Waals surface area (Å²) in [6.07, 6.45) is 3.35. The van der Waals surface area contributed by atoms with Crippen LogP contribution in [0.1, 0.15) is 42.6 Å². The zero-order valence-corrected chi connectivity index (χ0v) is 17.4. The molecule has 1 aliphatic heterocycles. The number of likely N-dealkylation sites (tertiary alicyclic amines) is 1. The van der Waals surface area contributed by atoms with E-state index in [1.807, 2.05) is 38.1 Å². The maximum Gasteiger partial charge on any atom is 0.313 e. The van der Waals surface area contributed by atoms with Crippen LogP contribution in [0.4, 0.5) is 11.6 Å². The molecule has 4 rings (SSSR count). The third-order valence-electron chi connectivity index (χ3n) is 5.78. The van der Waals surface area contributed by atoms with Crippen LogP contribution >= 0.6 is 0 Å². The minimum Gasteiger partial charge on any atom is -0.369 e. The number of hydrogen-bond donors (Lipinski definition) is 3. The molecule has 8 nitrogen and oxygen atoms in total. The maximum atomic E-state index is 13.1. The van der Waals surface area contributed by atoms with Gasteiger partial charge in [-0.2, -0.15) is 0 Å². The number of aromatic nitrogens is 3. The smallest absolute Gasteiger partial charge is 0.313 e. The molecule has 3 aromatic rings. The average Bonchev–Trinajstić information content (AvgIpc) is 3.09. The summed E-state index contributed by atoms with van der Waals surface area (Å²) in [7, 11) is 0. The second kappa shape index (κ2) is 7.78. The molecule has 0 saturated carbocycles. The summed E-state index contributed by atoms with van der Waals surface area (Å²) >= 11 is 0. The molecule has 3 heterocycles. The highest BCUT2D eigenvalue weighted by molar-refractivity contribution is 6.39. The number of fused-ring (bicyclic) bond motifs is 1. The number of rotatable bonds is 2. The molecule has 2 amide bonds. The summed E-state index contributed by atoms with van der Waals surface area (Å²) in [6.45, 7) is 6.45. The van der Waals surface area contributed by atoms with Gasteiger partial charge in [-0.1, -0.05) is 13.0 Å². The summed E-state index contributed by atoms with van der Waals surface area (Å²) in [6, 6.07) is 7.45. The Labute approximate surface area is 174 Å². The van der Waals surface area contributed by atoms with E-state index in [-0.39, 0.29) is 6.04 Å². The van der Waals surface area contributed by atoms with Gasteiger partial charge >= 0.3 is 11.8 Å². The molecular weight excluding hydrogens is 380 g/mol. The first-order valence-electron chi connectivity index (χ1n) is 10.1. The molecule has 0 unspecified atom stereocenters. The second-order valence-electron chi connectivity index (χ2n) is 8.13. The molecule has 30 heavy (non-hydrogen) atoms. The van der Waals surface area contributed by atoms with Crippen LogP contribution < -0.4 is 11.1 Å².